The second kappa shape index (κ2) is 11.9. The third-order valence-electron chi connectivity index (χ3n) is 6.29. The zero-order chi connectivity index (χ0) is 19.6. The molecule has 0 aromatic rings. The van der Waals surface area contributed by atoms with Gasteiger partial charge in [0.2, 0.25) is 0 Å². The Hall–Kier alpha value is 0.137. The SMILES string of the molecule is CCO[Si]1(C)CCC(C)(CCCC(C)CCCC(C)CCCC(C)C)O1. The van der Waals surface area contributed by atoms with Crippen molar-refractivity contribution in [2.24, 2.45) is 17.8 Å². The lowest BCUT2D eigenvalue weighted by Crippen LogP contribution is -2.38. The first-order valence-corrected chi connectivity index (χ1v) is 14.0. The maximum atomic E-state index is 6.44. The lowest BCUT2D eigenvalue weighted by molar-refractivity contribution is 0.0594. The van der Waals surface area contributed by atoms with Crippen LogP contribution in [0, 0.1) is 17.8 Å². The van der Waals surface area contributed by atoms with Gasteiger partial charge in [-0.1, -0.05) is 79.1 Å². The summed E-state index contributed by atoms with van der Waals surface area (Å²) in [5.41, 5.74) is 0.0841. The maximum absolute atomic E-state index is 6.44. The van der Waals surface area contributed by atoms with Crippen LogP contribution in [-0.4, -0.2) is 20.8 Å². The number of hydrogen-bond acceptors (Lipinski definition) is 2. The molecule has 0 spiro atoms. The van der Waals surface area contributed by atoms with Gasteiger partial charge in [-0.25, -0.2) is 0 Å². The van der Waals surface area contributed by atoms with Gasteiger partial charge >= 0.3 is 8.56 Å². The van der Waals surface area contributed by atoms with Gasteiger partial charge in [0.25, 0.3) is 0 Å². The van der Waals surface area contributed by atoms with Crippen molar-refractivity contribution in [3.05, 3.63) is 0 Å². The van der Waals surface area contributed by atoms with E-state index in [0.29, 0.717) is 0 Å². The fourth-order valence-electron chi connectivity index (χ4n) is 4.50. The molecule has 1 fully saturated rings. The van der Waals surface area contributed by atoms with Gasteiger partial charge in [0.15, 0.2) is 0 Å². The Morgan fingerprint density at radius 3 is 2.00 bits per heavy atom. The van der Waals surface area contributed by atoms with Crippen molar-refractivity contribution in [2.75, 3.05) is 6.61 Å². The summed E-state index contributed by atoms with van der Waals surface area (Å²) < 4.78 is 12.4. The van der Waals surface area contributed by atoms with Crippen LogP contribution >= 0.6 is 0 Å². The van der Waals surface area contributed by atoms with E-state index in [1.165, 1.54) is 70.3 Å². The second-order valence-electron chi connectivity index (χ2n) is 9.98. The molecule has 4 atom stereocenters. The molecular formula is C23H48O2Si. The van der Waals surface area contributed by atoms with Crippen LogP contribution in [0.3, 0.4) is 0 Å². The van der Waals surface area contributed by atoms with Gasteiger partial charge in [-0.2, -0.15) is 0 Å². The first-order chi connectivity index (χ1) is 12.2. The van der Waals surface area contributed by atoms with E-state index in [1.807, 2.05) is 0 Å². The summed E-state index contributed by atoms with van der Waals surface area (Å²) >= 11 is 0. The summed E-state index contributed by atoms with van der Waals surface area (Å²) in [6.45, 7) is 17.0. The average molecular weight is 385 g/mol. The standard InChI is InChI=1S/C23H48O2Si/c1-8-24-26(7)19-18-23(6,25-26)17-11-16-22(5)15-10-14-21(4)13-9-12-20(2)3/h20-22H,8-19H2,1-7H3. The quantitative estimate of drug-likeness (QED) is 0.285. The highest BCUT2D eigenvalue weighted by atomic mass is 28.4. The molecule has 2 nitrogen and oxygen atoms in total. The molecule has 156 valence electrons. The van der Waals surface area contributed by atoms with Crippen molar-refractivity contribution in [1.29, 1.82) is 0 Å². The van der Waals surface area contributed by atoms with Crippen LogP contribution in [0.5, 0.6) is 0 Å². The molecule has 0 aliphatic carbocycles. The van der Waals surface area contributed by atoms with Crippen LogP contribution in [0.4, 0.5) is 0 Å². The molecule has 1 heterocycles. The fourth-order valence-corrected chi connectivity index (χ4v) is 7.65. The zero-order valence-electron chi connectivity index (χ0n) is 19.0. The van der Waals surface area contributed by atoms with Crippen molar-refractivity contribution >= 4 is 8.56 Å². The van der Waals surface area contributed by atoms with Crippen molar-refractivity contribution < 1.29 is 8.85 Å². The Morgan fingerprint density at radius 2 is 1.46 bits per heavy atom. The Labute approximate surface area is 166 Å². The zero-order valence-corrected chi connectivity index (χ0v) is 20.0. The third-order valence-corrected chi connectivity index (χ3v) is 9.28. The highest BCUT2D eigenvalue weighted by molar-refractivity contribution is 6.66. The first-order valence-electron chi connectivity index (χ1n) is 11.5. The molecule has 0 aromatic carbocycles. The summed E-state index contributed by atoms with van der Waals surface area (Å²) in [4.78, 5) is 0. The van der Waals surface area contributed by atoms with Crippen LogP contribution in [0.15, 0.2) is 0 Å². The van der Waals surface area contributed by atoms with E-state index in [0.717, 1.165) is 24.4 Å². The van der Waals surface area contributed by atoms with E-state index < -0.39 is 8.56 Å². The summed E-state index contributed by atoms with van der Waals surface area (Å²) in [6, 6.07) is 1.17. The molecule has 1 saturated heterocycles. The third kappa shape index (κ3) is 9.89. The Bertz CT molecular complexity index is 373. The monoisotopic (exact) mass is 384 g/mol. The second-order valence-corrected chi connectivity index (χ2v) is 13.2. The summed E-state index contributed by atoms with van der Waals surface area (Å²) in [5, 5.41) is 0. The molecule has 1 rings (SSSR count). The van der Waals surface area contributed by atoms with E-state index in [9.17, 15) is 0 Å². The highest BCUT2D eigenvalue weighted by Gasteiger charge is 2.46. The van der Waals surface area contributed by atoms with Crippen LogP contribution < -0.4 is 0 Å². The summed E-state index contributed by atoms with van der Waals surface area (Å²) in [7, 11) is -1.85. The minimum atomic E-state index is -1.85. The van der Waals surface area contributed by atoms with E-state index in [4.69, 9.17) is 8.85 Å². The highest BCUT2D eigenvalue weighted by Crippen LogP contribution is 2.39. The van der Waals surface area contributed by atoms with E-state index in [2.05, 4.69) is 48.1 Å². The van der Waals surface area contributed by atoms with Crippen LogP contribution in [0.25, 0.3) is 0 Å². The van der Waals surface area contributed by atoms with Crippen LogP contribution in [-0.2, 0) is 8.85 Å². The molecule has 3 heteroatoms. The van der Waals surface area contributed by atoms with Gasteiger partial charge in [0.1, 0.15) is 0 Å². The molecule has 26 heavy (non-hydrogen) atoms. The molecule has 0 N–H and O–H groups in total. The lowest BCUT2D eigenvalue weighted by atomic mass is 9.90. The van der Waals surface area contributed by atoms with Crippen molar-refractivity contribution in [2.45, 2.75) is 124 Å². The van der Waals surface area contributed by atoms with E-state index in [1.54, 1.807) is 0 Å². The molecule has 0 amide bonds. The maximum Gasteiger partial charge on any atom is 0.335 e. The van der Waals surface area contributed by atoms with Gasteiger partial charge in [-0.15, -0.1) is 0 Å². The molecule has 0 bridgehead atoms. The summed E-state index contributed by atoms with van der Waals surface area (Å²) in [6.07, 6.45) is 13.5. The molecule has 0 radical (unpaired) electrons. The van der Waals surface area contributed by atoms with E-state index in [-0.39, 0.29) is 5.60 Å². The van der Waals surface area contributed by atoms with E-state index >= 15 is 0 Å². The molecular weight excluding hydrogens is 336 g/mol. The number of hydrogen-bond donors (Lipinski definition) is 0. The van der Waals surface area contributed by atoms with Crippen molar-refractivity contribution in [3.63, 3.8) is 0 Å². The minimum Gasteiger partial charge on any atom is -0.395 e. The molecule has 0 saturated carbocycles. The largest absolute Gasteiger partial charge is 0.395 e. The average Bonchev–Trinajstić information content (AvgIpc) is 2.82. The molecule has 4 unspecified atom stereocenters. The van der Waals surface area contributed by atoms with Gasteiger partial charge in [0.05, 0.1) is 5.60 Å². The Morgan fingerprint density at radius 1 is 0.923 bits per heavy atom. The van der Waals surface area contributed by atoms with Gasteiger partial charge in [-0.3, -0.25) is 0 Å². The molecule has 0 aromatic heterocycles. The van der Waals surface area contributed by atoms with Crippen LogP contribution in [0.2, 0.25) is 12.6 Å². The predicted molar refractivity (Wildman–Crippen MR) is 117 cm³/mol. The van der Waals surface area contributed by atoms with Gasteiger partial charge < -0.3 is 8.85 Å². The topological polar surface area (TPSA) is 18.5 Å². The molecule has 1 aliphatic heterocycles. The van der Waals surface area contributed by atoms with Gasteiger partial charge in [0, 0.05) is 6.61 Å². The fraction of sp³-hybridized carbons (Fsp3) is 1.00. The normalized spacial score (nSPS) is 28.6. The number of rotatable bonds is 14. The first kappa shape index (κ1) is 24.2. The smallest absolute Gasteiger partial charge is 0.335 e. The van der Waals surface area contributed by atoms with Crippen LogP contribution in [0.1, 0.15) is 106 Å². The lowest BCUT2D eigenvalue weighted by Gasteiger charge is -2.29. The van der Waals surface area contributed by atoms with Gasteiger partial charge in [-0.05, 0) is 57.0 Å². The minimum absolute atomic E-state index is 0.0841. The van der Waals surface area contributed by atoms with Crippen molar-refractivity contribution in [3.8, 4) is 0 Å². The van der Waals surface area contributed by atoms with Crippen molar-refractivity contribution in [1.82, 2.24) is 0 Å². The summed E-state index contributed by atoms with van der Waals surface area (Å²) in [5.74, 6) is 2.63. The molecule has 1 aliphatic rings. The Balaban J connectivity index is 2.10. The Kier molecular flexibility index (Phi) is 11.0. The predicted octanol–water partition coefficient (Wildman–Crippen LogP) is 7.71.